The molecule has 2 rings (SSSR count). The van der Waals surface area contributed by atoms with E-state index in [0.29, 0.717) is 11.4 Å². The van der Waals surface area contributed by atoms with Crippen molar-refractivity contribution in [3.05, 3.63) is 60.4 Å². The molecule has 2 aromatic rings. The second-order valence-electron chi connectivity index (χ2n) is 6.02. The van der Waals surface area contributed by atoms with Gasteiger partial charge in [0.25, 0.3) is 0 Å². The maximum Gasteiger partial charge on any atom is 0.241 e. The Kier molecular flexibility index (Phi) is 7.47. The number of carbonyl (C=O) groups excluding carboxylic acids is 2. The van der Waals surface area contributed by atoms with E-state index in [1.54, 1.807) is 30.1 Å². The van der Waals surface area contributed by atoms with Crippen LogP contribution in [0.25, 0.3) is 0 Å². The van der Waals surface area contributed by atoms with Gasteiger partial charge < -0.3 is 10.2 Å². The predicted molar refractivity (Wildman–Crippen MR) is 102 cm³/mol. The highest BCUT2D eigenvalue weighted by atomic mass is 19.1. The summed E-state index contributed by atoms with van der Waals surface area (Å²) in [5.41, 5.74) is 1.06. The van der Waals surface area contributed by atoms with Crippen LogP contribution in [-0.2, 0) is 9.59 Å². The van der Waals surface area contributed by atoms with Crippen LogP contribution in [0.15, 0.2) is 54.6 Å². The van der Waals surface area contributed by atoms with E-state index in [1.807, 2.05) is 24.3 Å². The largest absolute Gasteiger partial charge is 0.325 e. The number of carbonyl (C=O) groups is 2. The molecule has 0 spiro atoms. The first kappa shape index (κ1) is 20.1. The van der Waals surface area contributed by atoms with Crippen LogP contribution in [0.5, 0.6) is 0 Å². The number of nitrogens with zero attached hydrogens (tertiary/aromatic N) is 3. The van der Waals surface area contributed by atoms with Gasteiger partial charge in [0.15, 0.2) is 0 Å². The summed E-state index contributed by atoms with van der Waals surface area (Å²) < 4.78 is 13.2. The van der Waals surface area contributed by atoms with Gasteiger partial charge in [0, 0.05) is 17.9 Å². The van der Waals surface area contributed by atoms with Crippen molar-refractivity contribution in [1.82, 2.24) is 4.90 Å². The summed E-state index contributed by atoms with van der Waals surface area (Å²) in [4.78, 5) is 27.8. The third-order valence-corrected chi connectivity index (χ3v) is 3.74. The maximum atomic E-state index is 13.2. The van der Waals surface area contributed by atoms with Crippen LogP contribution in [0.1, 0.15) is 6.42 Å². The van der Waals surface area contributed by atoms with E-state index in [0.717, 1.165) is 0 Å². The summed E-state index contributed by atoms with van der Waals surface area (Å²) in [6.07, 6.45) is 0.213. The summed E-state index contributed by atoms with van der Waals surface area (Å²) in [7, 11) is 1.65. The first-order valence-corrected chi connectivity index (χ1v) is 8.46. The van der Waals surface area contributed by atoms with Crippen LogP contribution < -0.4 is 10.2 Å². The van der Waals surface area contributed by atoms with Gasteiger partial charge in [-0.15, -0.1) is 0 Å². The van der Waals surface area contributed by atoms with Crippen molar-refractivity contribution in [2.45, 2.75) is 6.42 Å². The van der Waals surface area contributed by atoms with Gasteiger partial charge in [-0.05, 0) is 37.4 Å². The summed E-state index contributed by atoms with van der Waals surface area (Å²) in [5.74, 6) is -0.996. The molecule has 0 atom stereocenters. The molecule has 6 nitrogen and oxygen atoms in total. The van der Waals surface area contributed by atoms with Crippen molar-refractivity contribution in [3.63, 3.8) is 0 Å². The van der Waals surface area contributed by atoms with E-state index >= 15 is 0 Å². The van der Waals surface area contributed by atoms with Crippen molar-refractivity contribution in [2.24, 2.45) is 0 Å². The molecule has 0 aromatic heterocycles. The molecule has 0 fully saturated rings. The molecular formula is C20H21FN4O2. The van der Waals surface area contributed by atoms with Crippen LogP contribution in [0, 0.1) is 17.1 Å². The molecule has 0 heterocycles. The zero-order chi connectivity index (χ0) is 19.6. The van der Waals surface area contributed by atoms with E-state index in [2.05, 4.69) is 5.32 Å². The van der Waals surface area contributed by atoms with E-state index < -0.39 is 5.82 Å². The Morgan fingerprint density at radius 3 is 2.52 bits per heavy atom. The molecule has 0 radical (unpaired) electrons. The van der Waals surface area contributed by atoms with Gasteiger partial charge in [-0.25, -0.2) is 4.39 Å². The zero-order valence-corrected chi connectivity index (χ0v) is 15.1. The standard InChI is InChI=1S/C20H21FN4O2/c1-24(14-19(26)23-17-8-5-7-16(21)13-17)15-20(27)25(12-6-11-22)18-9-3-2-4-10-18/h2-5,7-10,13H,6,12,14-15H2,1H3,(H,23,26). The second-order valence-corrected chi connectivity index (χ2v) is 6.02. The molecule has 0 unspecified atom stereocenters. The molecule has 7 heteroatoms. The Balaban J connectivity index is 1.93. The van der Waals surface area contributed by atoms with E-state index in [4.69, 9.17) is 5.26 Å². The van der Waals surface area contributed by atoms with E-state index in [9.17, 15) is 14.0 Å². The number of nitrogens with one attached hydrogen (secondary N) is 1. The second kappa shape index (κ2) is 10.0. The first-order valence-electron chi connectivity index (χ1n) is 8.46. The lowest BCUT2D eigenvalue weighted by atomic mass is 10.2. The number of para-hydroxylation sites is 1. The van der Waals surface area contributed by atoms with Gasteiger partial charge in [-0.2, -0.15) is 5.26 Å². The van der Waals surface area contributed by atoms with Crippen LogP contribution in [0.2, 0.25) is 0 Å². The maximum absolute atomic E-state index is 13.2. The van der Waals surface area contributed by atoms with Crippen LogP contribution in [0.4, 0.5) is 15.8 Å². The summed E-state index contributed by atoms with van der Waals surface area (Å²) in [6, 6.07) is 16.7. The van der Waals surface area contributed by atoms with Gasteiger partial charge in [0.1, 0.15) is 5.82 Å². The lowest BCUT2D eigenvalue weighted by molar-refractivity contribution is -0.121. The number of hydrogen-bond acceptors (Lipinski definition) is 4. The van der Waals surface area contributed by atoms with Gasteiger partial charge in [-0.1, -0.05) is 24.3 Å². The number of hydrogen-bond donors (Lipinski definition) is 1. The molecule has 2 amide bonds. The average molecular weight is 368 g/mol. The number of anilines is 2. The lowest BCUT2D eigenvalue weighted by Gasteiger charge is -2.24. The van der Waals surface area contributed by atoms with Crippen molar-refractivity contribution in [2.75, 3.05) is 36.9 Å². The van der Waals surface area contributed by atoms with Crippen molar-refractivity contribution in [3.8, 4) is 6.07 Å². The highest BCUT2D eigenvalue weighted by molar-refractivity contribution is 5.96. The molecule has 0 aliphatic heterocycles. The summed E-state index contributed by atoms with van der Waals surface area (Å²) in [5, 5.41) is 11.4. The van der Waals surface area contributed by atoms with Gasteiger partial charge >= 0.3 is 0 Å². The number of likely N-dealkylation sites (N-methyl/N-ethyl adjacent to an activating group) is 1. The van der Waals surface area contributed by atoms with Crippen molar-refractivity contribution < 1.29 is 14.0 Å². The Bertz CT molecular complexity index is 820. The fourth-order valence-corrected chi connectivity index (χ4v) is 2.55. The molecule has 1 N–H and O–H groups in total. The first-order chi connectivity index (χ1) is 13.0. The SMILES string of the molecule is CN(CC(=O)Nc1cccc(F)c1)CC(=O)N(CCC#N)c1ccccc1. The van der Waals surface area contributed by atoms with Crippen LogP contribution in [0.3, 0.4) is 0 Å². The fourth-order valence-electron chi connectivity index (χ4n) is 2.55. The Morgan fingerprint density at radius 1 is 1.11 bits per heavy atom. The quantitative estimate of drug-likeness (QED) is 0.777. The number of halogens is 1. The van der Waals surface area contributed by atoms with Gasteiger partial charge in [0.2, 0.25) is 11.8 Å². The zero-order valence-electron chi connectivity index (χ0n) is 15.1. The van der Waals surface area contributed by atoms with Crippen molar-refractivity contribution in [1.29, 1.82) is 5.26 Å². The van der Waals surface area contributed by atoms with Crippen LogP contribution in [-0.4, -0.2) is 43.4 Å². The van der Waals surface area contributed by atoms with Gasteiger partial charge in [-0.3, -0.25) is 14.5 Å². The fraction of sp³-hybridized carbons (Fsp3) is 0.250. The van der Waals surface area contributed by atoms with Gasteiger partial charge in [0.05, 0.1) is 25.6 Å². The molecule has 0 bridgehead atoms. The van der Waals surface area contributed by atoms with E-state index in [1.165, 1.54) is 23.1 Å². The third kappa shape index (κ3) is 6.53. The number of amides is 2. The predicted octanol–water partition coefficient (Wildman–Crippen LogP) is 2.64. The molecule has 27 heavy (non-hydrogen) atoms. The smallest absolute Gasteiger partial charge is 0.241 e. The lowest BCUT2D eigenvalue weighted by Crippen LogP contribution is -2.42. The Hall–Kier alpha value is -3.24. The van der Waals surface area contributed by atoms with Crippen molar-refractivity contribution >= 4 is 23.2 Å². The normalized spacial score (nSPS) is 10.3. The Labute approximate surface area is 157 Å². The number of rotatable bonds is 8. The molecule has 2 aromatic carbocycles. The number of nitriles is 1. The average Bonchev–Trinajstić information content (AvgIpc) is 2.62. The molecule has 0 saturated carbocycles. The minimum atomic E-state index is -0.438. The molecule has 140 valence electrons. The number of benzene rings is 2. The molecular weight excluding hydrogens is 347 g/mol. The Morgan fingerprint density at radius 2 is 1.85 bits per heavy atom. The minimum absolute atomic E-state index is 0.0108. The summed E-state index contributed by atoms with van der Waals surface area (Å²) in [6.45, 7) is 0.267. The highest BCUT2D eigenvalue weighted by Gasteiger charge is 2.18. The molecule has 0 aliphatic rings. The topological polar surface area (TPSA) is 76.4 Å². The van der Waals surface area contributed by atoms with E-state index in [-0.39, 0.29) is 37.9 Å². The monoisotopic (exact) mass is 368 g/mol. The third-order valence-electron chi connectivity index (χ3n) is 3.74. The highest BCUT2D eigenvalue weighted by Crippen LogP contribution is 2.14. The molecule has 0 aliphatic carbocycles. The minimum Gasteiger partial charge on any atom is -0.325 e. The summed E-state index contributed by atoms with van der Waals surface area (Å²) >= 11 is 0. The van der Waals surface area contributed by atoms with Crippen LogP contribution >= 0.6 is 0 Å². The molecule has 0 saturated heterocycles.